The largest absolute Gasteiger partial charge is 0.492 e. The third-order valence-electron chi connectivity index (χ3n) is 3.13. The van der Waals surface area contributed by atoms with E-state index < -0.39 is 23.7 Å². The molecule has 126 valence electrons. The van der Waals surface area contributed by atoms with Crippen molar-refractivity contribution in [1.29, 1.82) is 0 Å². The average Bonchev–Trinajstić information content (AvgIpc) is 2.90. The standard InChI is InChI=1S/C17H17NO6/c1-2-12-5-7-13(8-6-12)17(22)23-11-3-4-16(21)24-18-14(19)9-10-15(18)20/h2,5-10,19-20H,1,3-4,11H2. The first-order chi connectivity index (χ1) is 11.5. The zero-order valence-electron chi connectivity index (χ0n) is 12.8. The summed E-state index contributed by atoms with van der Waals surface area (Å²) in [6.45, 7) is 3.67. The van der Waals surface area contributed by atoms with Crippen LogP contribution in [-0.4, -0.2) is 33.5 Å². The highest BCUT2D eigenvalue weighted by Gasteiger charge is 2.12. The Bertz CT molecular complexity index is 713. The van der Waals surface area contributed by atoms with Gasteiger partial charge >= 0.3 is 11.9 Å². The van der Waals surface area contributed by atoms with Gasteiger partial charge in [-0.25, -0.2) is 9.59 Å². The van der Waals surface area contributed by atoms with Crippen LogP contribution in [0.15, 0.2) is 43.0 Å². The summed E-state index contributed by atoms with van der Waals surface area (Å²) in [4.78, 5) is 28.1. The van der Waals surface area contributed by atoms with Crippen LogP contribution in [0, 0.1) is 0 Å². The summed E-state index contributed by atoms with van der Waals surface area (Å²) in [6.07, 6.45) is 1.87. The smallest absolute Gasteiger partial charge is 0.338 e. The van der Waals surface area contributed by atoms with E-state index in [0.29, 0.717) is 10.3 Å². The van der Waals surface area contributed by atoms with Gasteiger partial charge in [-0.1, -0.05) is 24.8 Å². The predicted octanol–water partition coefficient (Wildman–Crippen LogP) is 2.13. The second-order valence-electron chi connectivity index (χ2n) is 4.87. The summed E-state index contributed by atoms with van der Waals surface area (Å²) in [6, 6.07) is 9.12. The van der Waals surface area contributed by atoms with Crippen LogP contribution >= 0.6 is 0 Å². The maximum Gasteiger partial charge on any atom is 0.338 e. The van der Waals surface area contributed by atoms with Crippen LogP contribution in [0.3, 0.4) is 0 Å². The molecule has 2 rings (SSSR count). The molecule has 0 bridgehead atoms. The Balaban J connectivity index is 1.73. The second-order valence-corrected chi connectivity index (χ2v) is 4.87. The number of aromatic hydroxyl groups is 2. The fourth-order valence-electron chi connectivity index (χ4n) is 1.86. The lowest BCUT2D eigenvalue weighted by Crippen LogP contribution is -2.19. The van der Waals surface area contributed by atoms with Crippen LogP contribution in [-0.2, 0) is 9.53 Å². The van der Waals surface area contributed by atoms with E-state index in [1.165, 1.54) is 12.1 Å². The number of nitrogens with zero attached hydrogens (tertiary/aromatic N) is 1. The Morgan fingerprint density at radius 3 is 2.29 bits per heavy atom. The summed E-state index contributed by atoms with van der Waals surface area (Å²) < 4.78 is 5.66. The van der Waals surface area contributed by atoms with E-state index in [9.17, 15) is 19.8 Å². The Hall–Kier alpha value is -3.22. The number of hydrogen-bond acceptors (Lipinski definition) is 6. The van der Waals surface area contributed by atoms with Crippen LogP contribution in [0.2, 0.25) is 0 Å². The van der Waals surface area contributed by atoms with Crippen molar-refractivity contribution in [2.75, 3.05) is 6.61 Å². The number of carbonyl (C=O) groups excluding carboxylic acids is 2. The quantitative estimate of drug-likeness (QED) is 0.596. The highest BCUT2D eigenvalue weighted by Crippen LogP contribution is 2.18. The molecule has 24 heavy (non-hydrogen) atoms. The first-order valence-electron chi connectivity index (χ1n) is 7.21. The van der Waals surface area contributed by atoms with E-state index >= 15 is 0 Å². The number of rotatable bonds is 7. The molecule has 0 saturated heterocycles. The van der Waals surface area contributed by atoms with Crippen molar-refractivity contribution in [2.45, 2.75) is 12.8 Å². The number of ether oxygens (including phenoxy) is 1. The first kappa shape index (κ1) is 17.1. The van der Waals surface area contributed by atoms with Gasteiger partial charge in [0.25, 0.3) is 0 Å². The zero-order valence-corrected chi connectivity index (χ0v) is 12.8. The van der Waals surface area contributed by atoms with Gasteiger partial charge in [-0.3, -0.25) is 0 Å². The summed E-state index contributed by atoms with van der Waals surface area (Å²) in [5.74, 6) is -1.95. The molecule has 7 nitrogen and oxygen atoms in total. The summed E-state index contributed by atoms with van der Waals surface area (Å²) in [5, 5.41) is 18.7. The van der Waals surface area contributed by atoms with Crippen LogP contribution in [0.1, 0.15) is 28.8 Å². The minimum Gasteiger partial charge on any atom is -0.492 e. The van der Waals surface area contributed by atoms with Crippen LogP contribution in [0.4, 0.5) is 0 Å². The highest BCUT2D eigenvalue weighted by molar-refractivity contribution is 5.89. The maximum atomic E-state index is 11.8. The van der Waals surface area contributed by atoms with E-state index in [1.807, 2.05) is 0 Å². The fourth-order valence-corrected chi connectivity index (χ4v) is 1.86. The molecule has 0 unspecified atom stereocenters. The molecule has 0 atom stereocenters. The molecule has 0 aliphatic heterocycles. The third-order valence-corrected chi connectivity index (χ3v) is 3.13. The number of aromatic nitrogens is 1. The van der Waals surface area contributed by atoms with E-state index in [1.54, 1.807) is 30.3 Å². The molecule has 0 amide bonds. The van der Waals surface area contributed by atoms with Crippen molar-refractivity contribution in [2.24, 2.45) is 0 Å². The number of esters is 1. The van der Waals surface area contributed by atoms with E-state index in [4.69, 9.17) is 9.57 Å². The highest BCUT2D eigenvalue weighted by atomic mass is 16.7. The third kappa shape index (κ3) is 4.39. The zero-order chi connectivity index (χ0) is 17.5. The van der Waals surface area contributed by atoms with Crippen molar-refractivity contribution < 1.29 is 29.4 Å². The molecule has 7 heteroatoms. The summed E-state index contributed by atoms with van der Waals surface area (Å²) >= 11 is 0. The van der Waals surface area contributed by atoms with Crippen LogP contribution in [0.5, 0.6) is 11.8 Å². The molecule has 2 aromatic rings. The van der Waals surface area contributed by atoms with Gasteiger partial charge < -0.3 is 19.8 Å². The van der Waals surface area contributed by atoms with Gasteiger partial charge in [0.2, 0.25) is 11.8 Å². The lowest BCUT2D eigenvalue weighted by Gasteiger charge is -2.07. The van der Waals surface area contributed by atoms with E-state index in [2.05, 4.69) is 6.58 Å². The number of hydrogen-bond donors (Lipinski definition) is 2. The molecule has 0 radical (unpaired) electrons. The molecule has 2 N–H and O–H groups in total. The van der Waals surface area contributed by atoms with Crippen molar-refractivity contribution in [3.05, 3.63) is 54.1 Å². The lowest BCUT2D eigenvalue weighted by atomic mass is 10.1. The molecule has 0 saturated carbocycles. The maximum absolute atomic E-state index is 11.8. The van der Waals surface area contributed by atoms with E-state index in [-0.39, 0.29) is 19.4 Å². The van der Waals surface area contributed by atoms with Gasteiger partial charge in [-0.05, 0) is 24.1 Å². The summed E-state index contributed by atoms with van der Waals surface area (Å²) in [5.41, 5.74) is 1.30. The Morgan fingerprint density at radius 2 is 1.71 bits per heavy atom. The molecular formula is C17H17NO6. The number of benzene rings is 1. The van der Waals surface area contributed by atoms with Crippen LogP contribution in [0.25, 0.3) is 6.08 Å². The van der Waals surface area contributed by atoms with Crippen molar-refractivity contribution in [1.82, 2.24) is 4.73 Å². The van der Waals surface area contributed by atoms with Gasteiger partial charge in [0.1, 0.15) is 0 Å². The first-order valence-corrected chi connectivity index (χ1v) is 7.21. The molecule has 1 heterocycles. The van der Waals surface area contributed by atoms with Gasteiger partial charge in [0, 0.05) is 12.1 Å². The average molecular weight is 331 g/mol. The Morgan fingerprint density at radius 1 is 1.08 bits per heavy atom. The minimum absolute atomic E-state index is 0.0419. The van der Waals surface area contributed by atoms with Crippen LogP contribution < -0.4 is 4.84 Å². The van der Waals surface area contributed by atoms with Gasteiger partial charge in [0.05, 0.1) is 18.6 Å². The molecule has 0 aliphatic carbocycles. The molecule has 0 fully saturated rings. The minimum atomic E-state index is -0.678. The summed E-state index contributed by atoms with van der Waals surface area (Å²) in [7, 11) is 0. The molecular weight excluding hydrogens is 314 g/mol. The van der Waals surface area contributed by atoms with Crippen molar-refractivity contribution in [3.8, 4) is 11.8 Å². The molecule has 1 aromatic carbocycles. The number of carbonyl (C=O) groups is 2. The SMILES string of the molecule is C=Cc1ccc(C(=O)OCCCC(=O)On2c(O)ccc2O)cc1. The fraction of sp³-hybridized carbons (Fsp3) is 0.176. The topological polar surface area (TPSA) is 98.0 Å². The Kier molecular flexibility index (Phi) is 5.62. The molecule has 1 aromatic heterocycles. The van der Waals surface area contributed by atoms with Crippen molar-refractivity contribution in [3.63, 3.8) is 0 Å². The van der Waals surface area contributed by atoms with Gasteiger partial charge in [0.15, 0.2) is 0 Å². The second kappa shape index (κ2) is 7.87. The Labute approximate surface area is 138 Å². The normalized spacial score (nSPS) is 10.2. The van der Waals surface area contributed by atoms with Crippen molar-refractivity contribution >= 4 is 18.0 Å². The van der Waals surface area contributed by atoms with E-state index in [0.717, 1.165) is 5.56 Å². The molecule has 0 aliphatic rings. The lowest BCUT2D eigenvalue weighted by molar-refractivity contribution is -0.145. The van der Waals surface area contributed by atoms with Gasteiger partial charge in [-0.2, -0.15) is 0 Å². The monoisotopic (exact) mass is 331 g/mol. The molecule has 0 spiro atoms. The predicted molar refractivity (Wildman–Crippen MR) is 85.4 cm³/mol. The van der Waals surface area contributed by atoms with Gasteiger partial charge in [-0.15, -0.1) is 4.73 Å².